The molecule has 2 aromatic heterocycles. The van der Waals surface area contributed by atoms with Gasteiger partial charge in [0.15, 0.2) is 0 Å². The standard InChI is InChI=1S/C26H31N5O5/c1-4-30-25(33)29-24(31(26(30)34)16-18-7-5-17(2)6-8-18)28-20-10-12-21(13-11-20)36-22-14-9-19(15-27-22)23(32)35-3/h9-15,17-18H,4-8,16H2,1-3H3,(H,28,29,33). The third kappa shape index (κ3) is 5.81. The molecule has 0 aliphatic heterocycles. The first-order valence-corrected chi connectivity index (χ1v) is 12.2. The van der Waals surface area contributed by atoms with Crippen LogP contribution in [-0.4, -0.2) is 32.2 Å². The van der Waals surface area contributed by atoms with Crippen molar-refractivity contribution in [2.75, 3.05) is 12.4 Å². The van der Waals surface area contributed by atoms with Gasteiger partial charge in [-0.3, -0.25) is 4.57 Å². The third-order valence-electron chi connectivity index (χ3n) is 6.53. The Balaban J connectivity index is 1.51. The van der Waals surface area contributed by atoms with Gasteiger partial charge < -0.3 is 14.8 Å². The van der Waals surface area contributed by atoms with Crippen LogP contribution in [0.4, 0.5) is 11.6 Å². The van der Waals surface area contributed by atoms with Crippen molar-refractivity contribution >= 4 is 17.6 Å². The van der Waals surface area contributed by atoms with Crippen LogP contribution >= 0.6 is 0 Å². The van der Waals surface area contributed by atoms with Crippen molar-refractivity contribution in [3.05, 3.63) is 69.1 Å². The molecule has 190 valence electrons. The topological polar surface area (TPSA) is 117 Å². The molecule has 0 saturated heterocycles. The van der Waals surface area contributed by atoms with Crippen LogP contribution in [0.5, 0.6) is 11.6 Å². The van der Waals surface area contributed by atoms with Gasteiger partial charge in [0.2, 0.25) is 11.8 Å². The summed E-state index contributed by atoms with van der Waals surface area (Å²) in [5, 5.41) is 3.14. The first-order valence-electron chi connectivity index (χ1n) is 12.2. The van der Waals surface area contributed by atoms with Gasteiger partial charge in [-0.25, -0.2) is 23.9 Å². The van der Waals surface area contributed by atoms with Crippen LogP contribution in [0.3, 0.4) is 0 Å². The van der Waals surface area contributed by atoms with Gasteiger partial charge in [0.05, 0.1) is 12.7 Å². The minimum Gasteiger partial charge on any atom is -0.465 e. The van der Waals surface area contributed by atoms with Gasteiger partial charge in [-0.15, -0.1) is 0 Å². The lowest BCUT2D eigenvalue weighted by atomic mass is 9.83. The number of nitrogens with zero attached hydrogens (tertiary/aromatic N) is 4. The number of anilines is 2. The van der Waals surface area contributed by atoms with Crippen LogP contribution in [0.25, 0.3) is 0 Å². The first-order chi connectivity index (χ1) is 17.4. The summed E-state index contributed by atoms with van der Waals surface area (Å²) in [6.07, 6.45) is 5.78. The molecule has 2 heterocycles. The Morgan fingerprint density at radius 1 is 1.06 bits per heavy atom. The summed E-state index contributed by atoms with van der Waals surface area (Å²) in [6.45, 7) is 4.82. The highest BCUT2D eigenvalue weighted by Gasteiger charge is 2.22. The fraction of sp³-hybridized carbons (Fsp3) is 0.423. The van der Waals surface area contributed by atoms with Crippen LogP contribution in [0.2, 0.25) is 0 Å². The number of nitrogens with one attached hydrogen (secondary N) is 1. The van der Waals surface area contributed by atoms with E-state index in [9.17, 15) is 14.4 Å². The van der Waals surface area contributed by atoms with E-state index in [0.717, 1.165) is 30.3 Å². The van der Waals surface area contributed by atoms with E-state index >= 15 is 0 Å². The van der Waals surface area contributed by atoms with Gasteiger partial charge in [0, 0.05) is 31.0 Å². The maximum atomic E-state index is 13.1. The molecule has 0 atom stereocenters. The molecule has 1 saturated carbocycles. The maximum Gasteiger partial charge on any atom is 0.354 e. The molecule has 0 radical (unpaired) electrons. The lowest BCUT2D eigenvalue weighted by Crippen LogP contribution is -2.43. The number of hydrogen-bond acceptors (Lipinski definition) is 8. The molecule has 36 heavy (non-hydrogen) atoms. The van der Waals surface area contributed by atoms with Crippen molar-refractivity contribution in [1.29, 1.82) is 0 Å². The number of aromatic nitrogens is 4. The van der Waals surface area contributed by atoms with E-state index in [-0.39, 0.29) is 18.2 Å². The van der Waals surface area contributed by atoms with E-state index in [1.165, 1.54) is 13.3 Å². The van der Waals surface area contributed by atoms with Crippen LogP contribution in [0.1, 0.15) is 49.9 Å². The quantitative estimate of drug-likeness (QED) is 0.469. The molecule has 4 rings (SSSR count). The normalized spacial score (nSPS) is 17.4. The van der Waals surface area contributed by atoms with E-state index in [0.29, 0.717) is 41.3 Å². The largest absolute Gasteiger partial charge is 0.465 e. The average Bonchev–Trinajstić information content (AvgIpc) is 2.89. The molecule has 10 nitrogen and oxygen atoms in total. The predicted octanol–water partition coefficient (Wildman–Crippen LogP) is 3.97. The predicted molar refractivity (Wildman–Crippen MR) is 135 cm³/mol. The maximum absolute atomic E-state index is 13.1. The van der Waals surface area contributed by atoms with Crippen molar-refractivity contribution in [3.8, 4) is 11.6 Å². The van der Waals surface area contributed by atoms with Gasteiger partial charge in [-0.1, -0.05) is 19.8 Å². The molecule has 1 fully saturated rings. The molecule has 1 aromatic carbocycles. The number of carbonyl (C=O) groups is 1. The minimum absolute atomic E-state index is 0.238. The summed E-state index contributed by atoms with van der Waals surface area (Å²) in [5.74, 6) is 1.70. The molecular weight excluding hydrogens is 462 g/mol. The Morgan fingerprint density at radius 3 is 2.39 bits per heavy atom. The van der Waals surface area contributed by atoms with Crippen molar-refractivity contribution < 1.29 is 14.3 Å². The van der Waals surface area contributed by atoms with Crippen molar-refractivity contribution in [2.45, 2.75) is 52.6 Å². The number of esters is 1. The summed E-state index contributed by atoms with van der Waals surface area (Å²) >= 11 is 0. The average molecular weight is 494 g/mol. The molecule has 3 aromatic rings. The minimum atomic E-state index is -0.569. The Morgan fingerprint density at radius 2 is 1.78 bits per heavy atom. The van der Waals surface area contributed by atoms with Crippen molar-refractivity contribution in [1.82, 2.24) is 19.1 Å². The molecule has 0 bridgehead atoms. The summed E-state index contributed by atoms with van der Waals surface area (Å²) in [7, 11) is 1.31. The van der Waals surface area contributed by atoms with E-state index in [1.54, 1.807) is 47.9 Å². The van der Waals surface area contributed by atoms with E-state index < -0.39 is 11.7 Å². The highest BCUT2D eigenvalue weighted by Crippen LogP contribution is 2.30. The van der Waals surface area contributed by atoms with Crippen molar-refractivity contribution in [3.63, 3.8) is 0 Å². The zero-order valence-corrected chi connectivity index (χ0v) is 20.8. The second-order valence-electron chi connectivity index (χ2n) is 9.11. The SMILES string of the molecule is CCn1c(=O)nc(Nc2ccc(Oc3ccc(C(=O)OC)cn3)cc2)n(CC2CCC(C)CC2)c1=O. The highest BCUT2D eigenvalue weighted by atomic mass is 16.5. The van der Waals surface area contributed by atoms with Gasteiger partial charge >= 0.3 is 17.3 Å². The molecule has 1 aliphatic carbocycles. The number of methoxy groups -OCH3 is 1. The molecular formula is C26H31N5O5. The van der Waals surface area contributed by atoms with E-state index in [2.05, 4.69) is 26.9 Å². The van der Waals surface area contributed by atoms with Crippen LogP contribution in [0.15, 0.2) is 52.2 Å². The second-order valence-corrected chi connectivity index (χ2v) is 9.11. The lowest BCUT2D eigenvalue weighted by molar-refractivity contribution is 0.0600. The first kappa shape index (κ1) is 25.2. The number of pyridine rings is 1. The number of carbonyl (C=O) groups excluding carboxylic acids is 1. The smallest absolute Gasteiger partial charge is 0.354 e. The molecule has 1 N–H and O–H groups in total. The highest BCUT2D eigenvalue weighted by molar-refractivity contribution is 5.88. The van der Waals surface area contributed by atoms with E-state index in [4.69, 9.17) is 4.74 Å². The fourth-order valence-electron chi connectivity index (χ4n) is 4.37. The summed E-state index contributed by atoms with van der Waals surface area (Å²) in [5.41, 5.74) is 0.0681. The fourth-order valence-corrected chi connectivity index (χ4v) is 4.37. The Bertz CT molecular complexity index is 1310. The Kier molecular flexibility index (Phi) is 7.82. The monoisotopic (exact) mass is 493 g/mol. The third-order valence-corrected chi connectivity index (χ3v) is 6.53. The Labute approximate surface area is 208 Å². The number of ether oxygens (including phenoxy) is 2. The number of benzene rings is 1. The second kappa shape index (κ2) is 11.2. The van der Waals surface area contributed by atoms with Gasteiger partial charge in [0.25, 0.3) is 0 Å². The van der Waals surface area contributed by atoms with Gasteiger partial charge in [0.1, 0.15) is 5.75 Å². The molecule has 0 unspecified atom stereocenters. The van der Waals surface area contributed by atoms with Crippen LogP contribution in [-0.2, 0) is 17.8 Å². The zero-order valence-electron chi connectivity index (χ0n) is 20.8. The summed E-state index contributed by atoms with van der Waals surface area (Å²) in [4.78, 5) is 45.4. The molecule has 0 spiro atoms. The zero-order chi connectivity index (χ0) is 25.7. The molecule has 1 aliphatic rings. The molecule has 10 heteroatoms. The van der Waals surface area contributed by atoms with Crippen LogP contribution < -0.4 is 21.4 Å². The van der Waals surface area contributed by atoms with Crippen molar-refractivity contribution in [2.24, 2.45) is 11.8 Å². The number of hydrogen-bond donors (Lipinski definition) is 1. The van der Waals surface area contributed by atoms with Gasteiger partial charge in [-0.2, -0.15) is 4.98 Å². The van der Waals surface area contributed by atoms with E-state index in [1.807, 2.05) is 0 Å². The lowest BCUT2D eigenvalue weighted by Gasteiger charge is -2.27. The van der Waals surface area contributed by atoms with Gasteiger partial charge in [-0.05, 0) is 61.9 Å². The summed E-state index contributed by atoms with van der Waals surface area (Å²) < 4.78 is 13.1. The molecule has 0 amide bonds. The van der Waals surface area contributed by atoms with Crippen LogP contribution in [0, 0.1) is 11.8 Å². The number of rotatable bonds is 8. The Hall–Kier alpha value is -3.95. The summed E-state index contributed by atoms with van der Waals surface area (Å²) in [6, 6.07) is 10.1.